The predicted molar refractivity (Wildman–Crippen MR) is 128 cm³/mol. The van der Waals surface area contributed by atoms with Crippen LogP contribution in [0.25, 0.3) is 11.3 Å². The Hall–Kier alpha value is -2.74. The van der Waals surface area contributed by atoms with E-state index >= 15 is 0 Å². The van der Waals surface area contributed by atoms with Gasteiger partial charge in [-0.1, -0.05) is 19.3 Å². The van der Waals surface area contributed by atoms with Crippen LogP contribution in [0.2, 0.25) is 0 Å². The van der Waals surface area contributed by atoms with Gasteiger partial charge in [-0.3, -0.25) is 4.79 Å². The lowest BCUT2D eigenvalue weighted by atomic mass is 9.93. The van der Waals surface area contributed by atoms with E-state index in [9.17, 15) is 9.18 Å². The number of nitrogens with one attached hydrogen (secondary N) is 2. The van der Waals surface area contributed by atoms with E-state index in [1.165, 1.54) is 44.2 Å². The number of amides is 1. The predicted octanol–water partition coefficient (Wildman–Crippen LogP) is 3.94. The molecule has 1 saturated carbocycles. The molecule has 3 aliphatic rings. The number of rotatable bonds is 6. The topological polar surface area (TPSA) is 73.4 Å². The fourth-order valence-corrected chi connectivity index (χ4v) is 5.38. The van der Waals surface area contributed by atoms with Gasteiger partial charge in [0.05, 0.1) is 12.4 Å². The van der Waals surface area contributed by atoms with E-state index in [1.807, 2.05) is 6.92 Å². The summed E-state index contributed by atoms with van der Waals surface area (Å²) < 4.78 is 13.8. The minimum absolute atomic E-state index is 0.167. The maximum Gasteiger partial charge on any atom is 0.258 e. The first-order valence-electron chi connectivity index (χ1n) is 12.3. The molecule has 0 spiro atoms. The van der Waals surface area contributed by atoms with Crippen molar-refractivity contribution < 1.29 is 9.18 Å². The van der Waals surface area contributed by atoms with Crippen molar-refractivity contribution in [2.75, 3.05) is 43.1 Å². The summed E-state index contributed by atoms with van der Waals surface area (Å²) in [5.74, 6) is 0.765. The van der Waals surface area contributed by atoms with Crippen LogP contribution in [-0.4, -0.2) is 59.7 Å². The van der Waals surface area contributed by atoms with Gasteiger partial charge in [-0.05, 0) is 69.5 Å². The van der Waals surface area contributed by atoms with E-state index in [0.717, 1.165) is 50.1 Å². The Balaban J connectivity index is 1.53. The molecule has 2 aliphatic heterocycles. The molecule has 1 amide bonds. The van der Waals surface area contributed by atoms with Crippen LogP contribution in [0.15, 0.2) is 18.2 Å². The molecule has 5 rings (SSSR count). The van der Waals surface area contributed by atoms with Gasteiger partial charge in [-0.15, -0.1) is 0 Å². The number of fused-ring (bicyclic) bond motifs is 1. The molecule has 2 N–H and O–H groups in total. The molecule has 1 saturated heterocycles. The molecule has 176 valence electrons. The van der Waals surface area contributed by atoms with Crippen molar-refractivity contribution in [1.82, 2.24) is 20.2 Å². The van der Waals surface area contributed by atoms with Crippen LogP contribution in [0.4, 0.5) is 16.2 Å². The number of carbonyl (C=O) groups is 1. The number of carbonyl (C=O) groups excluding carboxylic acids is 1. The molecular weight excluding hydrogens is 419 g/mol. The summed E-state index contributed by atoms with van der Waals surface area (Å²) in [6, 6.07) is 4.99. The van der Waals surface area contributed by atoms with E-state index in [4.69, 9.17) is 9.97 Å². The highest BCUT2D eigenvalue weighted by Gasteiger charge is 2.34. The molecule has 33 heavy (non-hydrogen) atoms. The van der Waals surface area contributed by atoms with E-state index in [1.54, 1.807) is 6.07 Å². The number of aromatic nitrogens is 2. The lowest BCUT2D eigenvalue weighted by Gasteiger charge is -2.39. The average molecular weight is 453 g/mol. The Kier molecular flexibility index (Phi) is 6.44. The molecule has 7 nitrogen and oxygen atoms in total. The third-order valence-electron chi connectivity index (χ3n) is 7.17. The molecular formula is C25H33FN6O. The molecule has 2 aromatic rings. The second-order valence-electron chi connectivity index (χ2n) is 9.45. The zero-order valence-electron chi connectivity index (χ0n) is 19.4. The van der Waals surface area contributed by atoms with Crippen LogP contribution in [-0.2, 0) is 0 Å². The van der Waals surface area contributed by atoms with Crippen LogP contribution in [0.3, 0.4) is 0 Å². The van der Waals surface area contributed by atoms with E-state index in [2.05, 4.69) is 20.4 Å². The van der Waals surface area contributed by atoms with Gasteiger partial charge < -0.3 is 20.4 Å². The number of likely N-dealkylation sites (tertiary alicyclic amines) is 1. The molecule has 8 heteroatoms. The quantitative estimate of drug-likeness (QED) is 0.692. The Morgan fingerprint density at radius 1 is 1.12 bits per heavy atom. The molecule has 2 fully saturated rings. The van der Waals surface area contributed by atoms with Crippen LogP contribution in [0, 0.1) is 12.7 Å². The van der Waals surface area contributed by atoms with Gasteiger partial charge in [0.25, 0.3) is 5.91 Å². The number of benzene rings is 1. The normalized spacial score (nSPS) is 19.5. The Morgan fingerprint density at radius 3 is 2.67 bits per heavy atom. The Bertz CT molecular complexity index is 1020. The maximum atomic E-state index is 13.8. The first-order valence-corrected chi connectivity index (χ1v) is 12.3. The summed E-state index contributed by atoms with van der Waals surface area (Å²) in [6.45, 7) is 6.29. The van der Waals surface area contributed by atoms with Gasteiger partial charge in [0, 0.05) is 24.7 Å². The van der Waals surface area contributed by atoms with Gasteiger partial charge >= 0.3 is 0 Å². The Labute approximate surface area is 194 Å². The van der Waals surface area contributed by atoms with Crippen LogP contribution in [0.5, 0.6) is 0 Å². The third-order valence-corrected chi connectivity index (χ3v) is 7.17. The second-order valence-corrected chi connectivity index (χ2v) is 9.45. The molecule has 0 unspecified atom stereocenters. The monoisotopic (exact) mass is 452 g/mol. The maximum absolute atomic E-state index is 13.8. The van der Waals surface area contributed by atoms with Gasteiger partial charge in [-0.25, -0.2) is 9.37 Å². The number of halogens is 1. The zero-order valence-corrected chi connectivity index (χ0v) is 19.4. The Morgan fingerprint density at radius 2 is 1.91 bits per heavy atom. The van der Waals surface area contributed by atoms with E-state index < -0.39 is 0 Å². The number of aryl methyl sites for hydroxylation is 1. The fourth-order valence-electron chi connectivity index (χ4n) is 5.38. The smallest absolute Gasteiger partial charge is 0.258 e. The summed E-state index contributed by atoms with van der Waals surface area (Å²) >= 11 is 0. The largest absolute Gasteiger partial charge is 0.353 e. The minimum Gasteiger partial charge on any atom is -0.353 e. The fraction of sp³-hybridized carbons (Fsp3) is 0.560. The van der Waals surface area contributed by atoms with Crippen molar-refractivity contribution in [1.29, 1.82) is 0 Å². The summed E-state index contributed by atoms with van der Waals surface area (Å²) in [5, 5.41) is 6.44. The second kappa shape index (κ2) is 9.63. The lowest BCUT2D eigenvalue weighted by molar-refractivity contribution is 0.0944. The highest BCUT2D eigenvalue weighted by Crippen LogP contribution is 2.36. The van der Waals surface area contributed by atoms with Crippen molar-refractivity contribution >= 4 is 17.7 Å². The average Bonchev–Trinajstić information content (AvgIpc) is 3.33. The number of anilines is 2. The van der Waals surface area contributed by atoms with Gasteiger partial charge in [0.15, 0.2) is 0 Å². The molecule has 1 aromatic heterocycles. The van der Waals surface area contributed by atoms with Crippen LogP contribution in [0.1, 0.15) is 60.9 Å². The number of hydrogen-bond acceptors (Lipinski definition) is 6. The van der Waals surface area contributed by atoms with Crippen LogP contribution >= 0.6 is 0 Å². The van der Waals surface area contributed by atoms with Gasteiger partial charge in [0.2, 0.25) is 5.95 Å². The highest BCUT2D eigenvalue weighted by atomic mass is 19.1. The molecule has 3 heterocycles. The van der Waals surface area contributed by atoms with Crippen molar-refractivity contribution in [2.45, 2.75) is 57.9 Å². The first kappa shape index (κ1) is 22.1. The van der Waals surface area contributed by atoms with Crippen molar-refractivity contribution in [3.05, 3.63) is 35.1 Å². The summed E-state index contributed by atoms with van der Waals surface area (Å²) in [4.78, 5) is 27.4. The van der Waals surface area contributed by atoms with E-state index in [-0.39, 0.29) is 11.7 Å². The van der Waals surface area contributed by atoms with Crippen molar-refractivity contribution in [2.24, 2.45) is 0 Å². The van der Waals surface area contributed by atoms with Crippen molar-refractivity contribution in [3.8, 4) is 11.3 Å². The molecule has 1 aromatic carbocycles. The molecule has 0 atom stereocenters. The van der Waals surface area contributed by atoms with Crippen LogP contribution < -0.4 is 15.5 Å². The number of nitrogens with zero attached hydrogens (tertiary/aromatic N) is 4. The van der Waals surface area contributed by atoms with E-state index in [0.29, 0.717) is 35.7 Å². The third kappa shape index (κ3) is 4.67. The first-order chi connectivity index (χ1) is 16.1. The molecule has 0 bridgehead atoms. The lowest BCUT2D eigenvalue weighted by Crippen LogP contribution is -2.50. The molecule has 1 aliphatic carbocycles. The number of hydrogen-bond donors (Lipinski definition) is 2. The SMILES string of the molecule is Cc1cc(F)ccc1-c1nc(NCCN2CCCC2)nc2c1C(=O)NCN2C1CCCCC1. The zero-order chi connectivity index (χ0) is 22.8. The van der Waals surface area contributed by atoms with Gasteiger partial charge in [0.1, 0.15) is 17.2 Å². The standard InChI is InChI=1S/C25H33FN6O/c1-17-15-18(26)9-10-20(17)22-21-23(30-25(29-22)27-11-14-31-12-5-6-13-31)32(16-28-24(21)33)19-7-3-2-4-8-19/h9-10,15,19H,2-8,11-14,16H2,1H3,(H,28,33)(H,27,29,30). The minimum atomic E-state index is -0.295. The highest BCUT2D eigenvalue weighted by molar-refractivity contribution is 6.06. The molecule has 0 radical (unpaired) electrons. The van der Waals surface area contributed by atoms with Gasteiger partial charge in [-0.2, -0.15) is 4.98 Å². The summed E-state index contributed by atoms with van der Waals surface area (Å²) in [5.41, 5.74) is 2.57. The van der Waals surface area contributed by atoms with Crippen molar-refractivity contribution in [3.63, 3.8) is 0 Å². The summed E-state index contributed by atoms with van der Waals surface area (Å²) in [6.07, 6.45) is 8.37. The summed E-state index contributed by atoms with van der Waals surface area (Å²) in [7, 11) is 0.